The molecule has 2 heterocycles. The standard InChI is InChI=1S/C9H9FIN5O4/c10-4-2-16(8(19)13-7(4)18)6-1-5(17)9(3-11,20-6)14-15-12/h2,5-6,17H,1,3H2,(H,13,18,19)/t5-,6-,9+/m0/s1. The molecule has 20 heavy (non-hydrogen) atoms. The number of ether oxygens (including phenoxy) is 1. The van der Waals surface area contributed by atoms with Gasteiger partial charge in [-0.3, -0.25) is 14.3 Å². The van der Waals surface area contributed by atoms with Crippen LogP contribution < -0.4 is 11.2 Å². The second kappa shape index (κ2) is 5.52. The number of nitrogens with one attached hydrogen (secondary N) is 1. The normalized spacial score (nSPS) is 29.1. The van der Waals surface area contributed by atoms with Gasteiger partial charge in [0.25, 0.3) is 5.56 Å². The van der Waals surface area contributed by atoms with Gasteiger partial charge < -0.3 is 9.84 Å². The van der Waals surface area contributed by atoms with Gasteiger partial charge in [0.1, 0.15) is 6.23 Å². The van der Waals surface area contributed by atoms with E-state index in [1.807, 2.05) is 22.6 Å². The Morgan fingerprint density at radius 1 is 1.75 bits per heavy atom. The molecule has 108 valence electrons. The van der Waals surface area contributed by atoms with Gasteiger partial charge in [0, 0.05) is 15.8 Å². The Morgan fingerprint density at radius 2 is 2.45 bits per heavy atom. The Balaban J connectivity index is 2.43. The minimum Gasteiger partial charge on any atom is -0.390 e. The lowest BCUT2D eigenvalue weighted by atomic mass is 10.1. The predicted octanol–water partition coefficient (Wildman–Crippen LogP) is 0.397. The summed E-state index contributed by atoms with van der Waals surface area (Å²) in [7, 11) is 0. The van der Waals surface area contributed by atoms with E-state index in [1.54, 1.807) is 4.98 Å². The first-order chi connectivity index (χ1) is 9.43. The number of aromatic amines is 1. The molecule has 1 saturated heterocycles. The van der Waals surface area contributed by atoms with E-state index < -0.39 is 35.1 Å². The molecule has 0 saturated carbocycles. The van der Waals surface area contributed by atoms with E-state index in [2.05, 4.69) is 10.0 Å². The Labute approximate surface area is 124 Å². The van der Waals surface area contributed by atoms with E-state index in [0.29, 0.717) is 6.20 Å². The third-order valence-corrected chi connectivity index (χ3v) is 4.02. The van der Waals surface area contributed by atoms with Crippen molar-refractivity contribution in [3.8, 4) is 0 Å². The zero-order valence-corrected chi connectivity index (χ0v) is 12.0. The van der Waals surface area contributed by atoms with E-state index in [9.17, 15) is 19.1 Å². The molecule has 0 spiro atoms. The molecule has 11 heteroatoms. The Bertz CT molecular complexity index is 684. The van der Waals surface area contributed by atoms with E-state index >= 15 is 0 Å². The molecule has 1 aromatic heterocycles. The molecule has 9 nitrogen and oxygen atoms in total. The van der Waals surface area contributed by atoms with Crippen molar-refractivity contribution < 1.29 is 14.2 Å². The zero-order chi connectivity index (χ0) is 14.9. The lowest BCUT2D eigenvalue weighted by Gasteiger charge is -2.24. The van der Waals surface area contributed by atoms with Gasteiger partial charge in [0.2, 0.25) is 5.82 Å². The molecule has 0 radical (unpaired) electrons. The molecule has 1 aliphatic heterocycles. The molecule has 0 amide bonds. The summed E-state index contributed by atoms with van der Waals surface area (Å²) in [5.41, 5.74) is 4.98. The third kappa shape index (κ3) is 2.44. The summed E-state index contributed by atoms with van der Waals surface area (Å²) < 4.78 is 19.6. The van der Waals surface area contributed by atoms with Crippen LogP contribution in [0.25, 0.3) is 10.4 Å². The van der Waals surface area contributed by atoms with Gasteiger partial charge in [-0.1, -0.05) is 27.7 Å². The van der Waals surface area contributed by atoms with Gasteiger partial charge >= 0.3 is 5.69 Å². The molecule has 2 rings (SSSR count). The molecule has 0 bridgehead atoms. The van der Waals surface area contributed by atoms with Gasteiger partial charge in [-0.15, -0.1) is 0 Å². The van der Waals surface area contributed by atoms with Crippen molar-refractivity contribution in [2.75, 3.05) is 4.43 Å². The largest absolute Gasteiger partial charge is 0.390 e. The lowest BCUT2D eigenvalue weighted by Crippen LogP contribution is -2.39. The highest BCUT2D eigenvalue weighted by Crippen LogP contribution is 2.38. The smallest absolute Gasteiger partial charge is 0.330 e. The number of rotatable bonds is 3. The number of azide groups is 1. The number of aliphatic hydroxyl groups is 1. The van der Waals surface area contributed by atoms with Crippen LogP contribution in [0.2, 0.25) is 0 Å². The van der Waals surface area contributed by atoms with Crippen molar-refractivity contribution in [1.29, 1.82) is 0 Å². The zero-order valence-electron chi connectivity index (χ0n) is 9.86. The number of alkyl halides is 1. The van der Waals surface area contributed by atoms with Gasteiger partial charge in [0.05, 0.1) is 12.3 Å². The van der Waals surface area contributed by atoms with Gasteiger partial charge in [-0.05, 0) is 5.53 Å². The third-order valence-electron chi connectivity index (χ3n) is 2.93. The Kier molecular flexibility index (Phi) is 4.13. The maximum absolute atomic E-state index is 13.2. The van der Waals surface area contributed by atoms with Gasteiger partial charge in [-0.25, -0.2) is 4.79 Å². The van der Waals surface area contributed by atoms with Crippen LogP contribution in [0.1, 0.15) is 12.6 Å². The molecular weight excluding hydrogens is 388 g/mol. The lowest BCUT2D eigenvalue weighted by molar-refractivity contribution is -0.0822. The highest BCUT2D eigenvalue weighted by atomic mass is 127. The molecule has 2 N–H and O–H groups in total. The molecular formula is C9H9FIN5O4. The number of aromatic nitrogens is 2. The van der Waals surface area contributed by atoms with Crippen LogP contribution in [-0.4, -0.2) is 30.9 Å². The molecule has 1 aliphatic rings. The maximum atomic E-state index is 13.2. The minimum atomic E-state index is -1.52. The molecule has 1 aromatic rings. The fourth-order valence-electron chi connectivity index (χ4n) is 1.90. The Hall–Kier alpha value is -1.43. The molecule has 0 aliphatic carbocycles. The number of H-pyrrole nitrogens is 1. The minimum absolute atomic E-state index is 0.0760. The van der Waals surface area contributed by atoms with Crippen LogP contribution in [-0.2, 0) is 4.74 Å². The molecule has 1 fully saturated rings. The quantitative estimate of drug-likeness (QED) is 0.251. The van der Waals surface area contributed by atoms with Crippen LogP contribution in [0.4, 0.5) is 4.39 Å². The summed E-state index contributed by atoms with van der Waals surface area (Å²) in [5.74, 6) is -1.15. The first-order valence-corrected chi connectivity index (χ1v) is 6.95. The number of hydrogen-bond donors (Lipinski definition) is 2. The number of halogens is 2. The van der Waals surface area contributed by atoms with Gasteiger partial charge in [-0.2, -0.15) is 4.39 Å². The van der Waals surface area contributed by atoms with Crippen molar-refractivity contribution in [3.63, 3.8) is 0 Å². The maximum Gasteiger partial charge on any atom is 0.330 e. The fourth-order valence-corrected chi connectivity index (χ4v) is 2.74. The summed E-state index contributed by atoms with van der Waals surface area (Å²) in [6.45, 7) is 0. The average molecular weight is 397 g/mol. The van der Waals surface area contributed by atoms with Crippen molar-refractivity contribution in [2.45, 2.75) is 24.5 Å². The van der Waals surface area contributed by atoms with Gasteiger partial charge in [0.15, 0.2) is 5.72 Å². The van der Waals surface area contributed by atoms with E-state index in [-0.39, 0.29) is 10.8 Å². The highest BCUT2D eigenvalue weighted by molar-refractivity contribution is 14.1. The summed E-state index contributed by atoms with van der Waals surface area (Å²) in [6.07, 6.45) is -1.57. The number of hydrogen-bond acceptors (Lipinski definition) is 5. The first-order valence-electron chi connectivity index (χ1n) is 5.42. The molecule has 0 aromatic carbocycles. The monoisotopic (exact) mass is 397 g/mol. The van der Waals surface area contributed by atoms with Crippen LogP contribution in [0.5, 0.6) is 0 Å². The van der Waals surface area contributed by atoms with Crippen LogP contribution in [0, 0.1) is 5.82 Å². The molecule has 0 unspecified atom stereocenters. The second-order valence-corrected chi connectivity index (χ2v) is 4.90. The highest BCUT2D eigenvalue weighted by Gasteiger charge is 2.48. The summed E-state index contributed by atoms with van der Waals surface area (Å²) in [6, 6.07) is 0. The van der Waals surface area contributed by atoms with Crippen molar-refractivity contribution >= 4 is 22.6 Å². The number of aliphatic hydroxyl groups excluding tert-OH is 1. The van der Waals surface area contributed by atoms with Crippen LogP contribution >= 0.6 is 22.6 Å². The SMILES string of the molecule is [N-]=[N+]=N[C@]1(CI)O[C@H](n2cc(F)c(=O)[nH]c2=O)C[C@@H]1O. The van der Waals surface area contributed by atoms with E-state index in [4.69, 9.17) is 10.3 Å². The number of nitrogens with zero attached hydrogens (tertiary/aromatic N) is 4. The fraction of sp³-hybridized carbons (Fsp3) is 0.556. The second-order valence-electron chi connectivity index (χ2n) is 4.14. The Morgan fingerprint density at radius 3 is 3.05 bits per heavy atom. The summed E-state index contributed by atoms with van der Waals surface area (Å²) in [4.78, 5) is 27.0. The molecule has 3 atom stereocenters. The van der Waals surface area contributed by atoms with Crippen LogP contribution in [0.15, 0.2) is 20.9 Å². The van der Waals surface area contributed by atoms with E-state index in [1.165, 1.54) is 0 Å². The predicted molar refractivity (Wildman–Crippen MR) is 72.8 cm³/mol. The summed E-state index contributed by atoms with van der Waals surface area (Å²) >= 11 is 1.86. The topological polar surface area (TPSA) is 133 Å². The van der Waals surface area contributed by atoms with Crippen molar-refractivity contribution in [3.05, 3.63) is 43.3 Å². The van der Waals surface area contributed by atoms with Crippen LogP contribution in [0.3, 0.4) is 0 Å². The van der Waals surface area contributed by atoms with Crippen molar-refractivity contribution in [2.24, 2.45) is 5.11 Å². The average Bonchev–Trinajstić information content (AvgIpc) is 2.72. The summed E-state index contributed by atoms with van der Waals surface area (Å²) in [5, 5.41) is 13.4. The first kappa shape index (κ1) is 15.0. The van der Waals surface area contributed by atoms with Crippen molar-refractivity contribution in [1.82, 2.24) is 9.55 Å². The van der Waals surface area contributed by atoms with E-state index in [0.717, 1.165) is 4.57 Å².